The molecule has 0 aromatic heterocycles. The van der Waals surface area contributed by atoms with E-state index in [2.05, 4.69) is 30.1 Å². The molecule has 0 amide bonds. The number of nitrogens with zero attached hydrogens (tertiary/aromatic N) is 1. The Morgan fingerprint density at radius 2 is 2.06 bits per heavy atom. The minimum absolute atomic E-state index is 0.634. The van der Waals surface area contributed by atoms with Crippen molar-refractivity contribution < 1.29 is 4.74 Å². The minimum Gasteiger partial charge on any atom is -0.497 e. The largest absolute Gasteiger partial charge is 0.497 e. The highest BCUT2D eigenvalue weighted by Crippen LogP contribution is 2.16. The van der Waals surface area contributed by atoms with E-state index in [0.717, 1.165) is 23.4 Å². The van der Waals surface area contributed by atoms with Gasteiger partial charge in [-0.25, -0.2) is 0 Å². The summed E-state index contributed by atoms with van der Waals surface area (Å²) in [7, 11) is 1.67. The molecule has 0 saturated carbocycles. The molecule has 0 N–H and O–H groups in total. The molecular formula is C15H17NO. The first-order valence-electron chi connectivity index (χ1n) is 5.84. The highest BCUT2D eigenvalue weighted by atomic mass is 16.5. The zero-order chi connectivity index (χ0) is 12.1. The first-order chi connectivity index (χ1) is 8.28. The van der Waals surface area contributed by atoms with Gasteiger partial charge in [-0.3, -0.25) is 4.99 Å². The Hall–Kier alpha value is -1.83. The molecule has 2 rings (SSSR count). The number of ether oxygens (including phenoxy) is 1. The van der Waals surface area contributed by atoms with Crippen LogP contribution in [0.25, 0.3) is 0 Å². The van der Waals surface area contributed by atoms with Crippen LogP contribution in [0.15, 0.2) is 53.2 Å². The van der Waals surface area contributed by atoms with Gasteiger partial charge in [-0.2, -0.15) is 0 Å². The van der Waals surface area contributed by atoms with Crippen LogP contribution in [0.2, 0.25) is 0 Å². The quantitative estimate of drug-likeness (QED) is 0.723. The number of aliphatic imine (C=N–C) groups is 1. The third-order valence-corrected chi connectivity index (χ3v) is 2.77. The number of methoxy groups -OCH3 is 1. The molecule has 1 aliphatic rings. The highest BCUT2D eigenvalue weighted by Gasteiger charge is 2.01. The summed E-state index contributed by atoms with van der Waals surface area (Å²) in [6, 6.07) is 7.87. The van der Waals surface area contributed by atoms with Crippen molar-refractivity contribution in [3.05, 3.63) is 53.8 Å². The Labute approximate surface area is 102 Å². The lowest BCUT2D eigenvalue weighted by Gasteiger charge is -2.07. The second-order valence-corrected chi connectivity index (χ2v) is 4.23. The molecule has 0 heterocycles. The summed E-state index contributed by atoms with van der Waals surface area (Å²) >= 11 is 0. The molecule has 1 atom stereocenters. The smallest absolute Gasteiger partial charge is 0.118 e. The second-order valence-electron chi connectivity index (χ2n) is 4.23. The Bertz CT molecular complexity index is 454. The van der Waals surface area contributed by atoms with Gasteiger partial charge in [-0.15, -0.1) is 0 Å². The van der Waals surface area contributed by atoms with E-state index in [1.54, 1.807) is 7.11 Å². The van der Waals surface area contributed by atoms with Crippen molar-refractivity contribution in [3.63, 3.8) is 0 Å². The molecule has 1 unspecified atom stereocenters. The molecule has 2 nitrogen and oxygen atoms in total. The summed E-state index contributed by atoms with van der Waals surface area (Å²) < 4.78 is 5.11. The molecule has 88 valence electrons. The monoisotopic (exact) mass is 227 g/mol. The maximum absolute atomic E-state index is 5.11. The van der Waals surface area contributed by atoms with Crippen LogP contribution >= 0.6 is 0 Å². The van der Waals surface area contributed by atoms with Gasteiger partial charge in [0.15, 0.2) is 0 Å². The number of rotatable bonds is 3. The fourth-order valence-corrected chi connectivity index (χ4v) is 1.65. The average molecular weight is 227 g/mol. The van der Waals surface area contributed by atoms with E-state index in [-0.39, 0.29) is 0 Å². The first-order valence-corrected chi connectivity index (χ1v) is 5.84. The van der Waals surface area contributed by atoms with Crippen LogP contribution in [0.1, 0.15) is 18.9 Å². The first kappa shape index (κ1) is 11.6. The average Bonchev–Trinajstić information content (AvgIpc) is 2.39. The zero-order valence-corrected chi connectivity index (χ0v) is 10.3. The number of allylic oxidation sites excluding steroid dienone is 3. The van der Waals surface area contributed by atoms with Crippen molar-refractivity contribution in [2.45, 2.75) is 13.3 Å². The highest BCUT2D eigenvalue weighted by molar-refractivity contribution is 5.80. The van der Waals surface area contributed by atoms with Gasteiger partial charge in [0, 0.05) is 6.21 Å². The number of hydrogen-bond donors (Lipinski definition) is 0. The molecular weight excluding hydrogens is 210 g/mol. The third kappa shape index (κ3) is 3.31. The van der Waals surface area contributed by atoms with Crippen LogP contribution in [0.5, 0.6) is 5.75 Å². The van der Waals surface area contributed by atoms with Crippen LogP contribution in [0, 0.1) is 5.92 Å². The van der Waals surface area contributed by atoms with Gasteiger partial charge in [0.1, 0.15) is 5.75 Å². The van der Waals surface area contributed by atoms with Crippen molar-refractivity contribution >= 4 is 6.21 Å². The predicted octanol–water partition coefficient (Wildman–Crippen LogP) is 3.59. The summed E-state index contributed by atoms with van der Waals surface area (Å²) in [5.41, 5.74) is 2.12. The Morgan fingerprint density at radius 1 is 1.29 bits per heavy atom. The summed E-state index contributed by atoms with van der Waals surface area (Å²) in [4.78, 5) is 4.45. The molecule has 17 heavy (non-hydrogen) atoms. The molecule has 0 fully saturated rings. The maximum Gasteiger partial charge on any atom is 0.118 e. The Kier molecular flexibility index (Phi) is 3.76. The van der Waals surface area contributed by atoms with Gasteiger partial charge >= 0.3 is 0 Å². The lowest BCUT2D eigenvalue weighted by atomic mass is 10.0. The summed E-state index contributed by atoms with van der Waals surface area (Å²) in [5, 5.41) is 0. The van der Waals surface area contributed by atoms with Crippen molar-refractivity contribution in [3.8, 4) is 5.75 Å². The molecule has 0 spiro atoms. The van der Waals surface area contributed by atoms with E-state index >= 15 is 0 Å². The maximum atomic E-state index is 5.11. The molecule has 0 saturated heterocycles. The molecule has 1 aliphatic carbocycles. The van der Waals surface area contributed by atoms with E-state index in [1.165, 1.54) is 0 Å². The molecule has 0 radical (unpaired) electrons. The van der Waals surface area contributed by atoms with Gasteiger partial charge in [0.05, 0.1) is 12.8 Å². The minimum atomic E-state index is 0.634. The lowest BCUT2D eigenvalue weighted by Crippen LogP contribution is -1.93. The van der Waals surface area contributed by atoms with E-state index in [9.17, 15) is 0 Å². The SMILES string of the molecule is COc1ccc(/C=N/C2=CCC(C)C=C2)cc1. The fourth-order valence-electron chi connectivity index (χ4n) is 1.65. The number of benzene rings is 1. The summed E-state index contributed by atoms with van der Waals surface area (Å²) in [6.07, 6.45) is 9.40. The topological polar surface area (TPSA) is 21.6 Å². The van der Waals surface area contributed by atoms with Crippen LogP contribution < -0.4 is 4.74 Å². The van der Waals surface area contributed by atoms with Crippen molar-refractivity contribution in [1.82, 2.24) is 0 Å². The summed E-state index contributed by atoms with van der Waals surface area (Å²) in [6.45, 7) is 2.21. The number of hydrogen-bond acceptors (Lipinski definition) is 2. The van der Waals surface area contributed by atoms with Crippen LogP contribution in [-0.2, 0) is 0 Å². The second kappa shape index (κ2) is 5.48. The standard InChI is InChI=1S/C15H17NO/c1-12-3-7-14(8-4-12)16-11-13-5-9-15(17-2)10-6-13/h3,5-12H,4H2,1-2H3/b16-11+. The van der Waals surface area contributed by atoms with Crippen molar-refractivity contribution in [2.24, 2.45) is 10.9 Å². The van der Waals surface area contributed by atoms with E-state index in [4.69, 9.17) is 4.74 Å². The van der Waals surface area contributed by atoms with Crippen LogP contribution in [0.4, 0.5) is 0 Å². The molecule has 0 bridgehead atoms. The Balaban J connectivity index is 2.03. The fraction of sp³-hybridized carbons (Fsp3) is 0.267. The van der Waals surface area contributed by atoms with Gasteiger partial charge in [-0.1, -0.05) is 19.1 Å². The normalized spacial score (nSPS) is 19.4. The van der Waals surface area contributed by atoms with E-state index in [0.29, 0.717) is 5.92 Å². The van der Waals surface area contributed by atoms with Gasteiger partial charge in [0.25, 0.3) is 0 Å². The Morgan fingerprint density at radius 3 is 2.65 bits per heavy atom. The molecule has 2 heteroatoms. The van der Waals surface area contributed by atoms with Gasteiger partial charge < -0.3 is 4.74 Å². The van der Waals surface area contributed by atoms with Gasteiger partial charge in [0.2, 0.25) is 0 Å². The van der Waals surface area contributed by atoms with Gasteiger partial charge in [-0.05, 0) is 48.2 Å². The lowest BCUT2D eigenvalue weighted by molar-refractivity contribution is 0.415. The molecule has 1 aromatic rings. The van der Waals surface area contributed by atoms with E-state index in [1.807, 2.05) is 30.5 Å². The van der Waals surface area contributed by atoms with E-state index < -0.39 is 0 Å². The third-order valence-electron chi connectivity index (χ3n) is 2.77. The predicted molar refractivity (Wildman–Crippen MR) is 71.6 cm³/mol. The summed E-state index contributed by atoms with van der Waals surface area (Å²) in [5.74, 6) is 1.50. The molecule has 0 aliphatic heterocycles. The zero-order valence-electron chi connectivity index (χ0n) is 10.3. The van der Waals surface area contributed by atoms with Crippen LogP contribution in [-0.4, -0.2) is 13.3 Å². The van der Waals surface area contributed by atoms with Crippen LogP contribution in [0.3, 0.4) is 0 Å². The van der Waals surface area contributed by atoms with Crippen molar-refractivity contribution in [2.75, 3.05) is 7.11 Å². The molecule has 1 aromatic carbocycles. The van der Waals surface area contributed by atoms with Crippen molar-refractivity contribution in [1.29, 1.82) is 0 Å².